The lowest BCUT2D eigenvalue weighted by Crippen LogP contribution is -2.40. The number of sulfone groups is 1. The molecule has 1 N–H and O–H groups in total. The van der Waals surface area contributed by atoms with Crippen LogP contribution in [0, 0.1) is 0 Å². The quantitative estimate of drug-likeness (QED) is 0.853. The van der Waals surface area contributed by atoms with Crippen LogP contribution >= 0.6 is 11.8 Å². The summed E-state index contributed by atoms with van der Waals surface area (Å²) in [4.78, 5) is 12.4. The summed E-state index contributed by atoms with van der Waals surface area (Å²) < 4.78 is 24.8. The first kappa shape index (κ1) is 15.4. The molecule has 0 spiro atoms. The van der Waals surface area contributed by atoms with Crippen molar-refractivity contribution in [3.8, 4) is 0 Å². The van der Waals surface area contributed by atoms with Crippen molar-refractivity contribution in [1.82, 2.24) is 9.88 Å². The van der Waals surface area contributed by atoms with E-state index in [4.69, 9.17) is 0 Å². The van der Waals surface area contributed by atoms with Crippen LogP contribution in [0.3, 0.4) is 0 Å². The van der Waals surface area contributed by atoms with Gasteiger partial charge in [0.25, 0.3) is 0 Å². The normalized spacial score (nSPS) is 22.6. The van der Waals surface area contributed by atoms with E-state index in [2.05, 4.69) is 5.32 Å². The Morgan fingerprint density at radius 1 is 1.45 bits per heavy atom. The van der Waals surface area contributed by atoms with Gasteiger partial charge >= 0.3 is 0 Å². The number of carbonyl (C=O) groups excluding carboxylic acids is 1. The third kappa shape index (κ3) is 4.02. The van der Waals surface area contributed by atoms with E-state index in [-0.39, 0.29) is 29.5 Å². The maximum Gasteiger partial charge on any atom is 0.243 e. The topological polar surface area (TPSA) is 68.2 Å². The van der Waals surface area contributed by atoms with E-state index in [0.29, 0.717) is 6.42 Å². The van der Waals surface area contributed by atoms with Gasteiger partial charge < -0.3 is 9.88 Å². The largest absolute Gasteiger partial charge is 0.351 e. The Balaban J connectivity index is 2.00. The van der Waals surface area contributed by atoms with Crippen molar-refractivity contribution in [2.75, 3.05) is 23.5 Å². The van der Waals surface area contributed by atoms with Gasteiger partial charge in [0.1, 0.15) is 6.04 Å². The lowest BCUT2D eigenvalue weighted by molar-refractivity contribution is -0.125. The Bertz CT molecular complexity index is 540. The molecule has 2 rings (SSSR count). The van der Waals surface area contributed by atoms with Gasteiger partial charge in [-0.3, -0.25) is 4.79 Å². The molecular weight excluding hydrogens is 296 g/mol. The number of hydrogen-bond acceptors (Lipinski definition) is 4. The van der Waals surface area contributed by atoms with Crippen LogP contribution in [0.4, 0.5) is 0 Å². The lowest BCUT2D eigenvalue weighted by Gasteiger charge is -2.20. The predicted molar refractivity (Wildman–Crippen MR) is 81.7 cm³/mol. The van der Waals surface area contributed by atoms with Gasteiger partial charge in [-0.25, -0.2) is 8.42 Å². The molecule has 2 heterocycles. The summed E-state index contributed by atoms with van der Waals surface area (Å²) in [6, 6.07) is 3.28. The van der Waals surface area contributed by atoms with Crippen molar-refractivity contribution in [2.45, 2.75) is 24.9 Å². The van der Waals surface area contributed by atoms with Crippen molar-refractivity contribution in [1.29, 1.82) is 0 Å². The second kappa shape index (κ2) is 6.67. The first-order valence-electron chi connectivity index (χ1n) is 6.64. The van der Waals surface area contributed by atoms with Crippen LogP contribution in [0.1, 0.15) is 18.9 Å². The summed E-state index contributed by atoms with van der Waals surface area (Å²) in [6.45, 7) is 0. The molecule has 0 aliphatic carbocycles. The molecule has 7 heteroatoms. The molecular formula is C13H20N2O3S2. The number of nitrogens with zero attached hydrogens (tertiary/aromatic N) is 1. The molecule has 1 aliphatic rings. The van der Waals surface area contributed by atoms with E-state index in [0.717, 1.165) is 12.2 Å². The first-order chi connectivity index (χ1) is 9.52. The van der Waals surface area contributed by atoms with E-state index in [1.807, 2.05) is 35.3 Å². The molecule has 0 radical (unpaired) electrons. The zero-order chi connectivity index (χ0) is 14.6. The minimum absolute atomic E-state index is 0.0691. The molecule has 0 bridgehead atoms. The molecule has 1 fully saturated rings. The van der Waals surface area contributed by atoms with E-state index in [1.165, 1.54) is 0 Å². The Morgan fingerprint density at radius 2 is 2.15 bits per heavy atom. The fraction of sp³-hybridized carbons (Fsp3) is 0.615. The molecule has 1 aromatic heterocycles. The fourth-order valence-corrected chi connectivity index (χ4v) is 4.54. The second-order valence-corrected chi connectivity index (χ2v) is 8.25. The SMILES string of the molecule is CSCC[C@H](C(=O)N[C@@H]1CCS(=O)(=O)C1)n1cccc1. The first-order valence-corrected chi connectivity index (χ1v) is 9.85. The van der Waals surface area contributed by atoms with Crippen LogP contribution in [-0.4, -0.2) is 48.4 Å². The number of amides is 1. The molecule has 112 valence electrons. The number of hydrogen-bond donors (Lipinski definition) is 1. The highest BCUT2D eigenvalue weighted by molar-refractivity contribution is 7.98. The molecule has 0 aromatic carbocycles. The maximum atomic E-state index is 12.4. The zero-order valence-corrected chi connectivity index (χ0v) is 13.1. The Kier molecular flexibility index (Phi) is 5.15. The summed E-state index contributed by atoms with van der Waals surface area (Å²) in [5.41, 5.74) is 0. The third-order valence-corrected chi connectivity index (χ3v) is 5.88. The summed E-state index contributed by atoms with van der Waals surface area (Å²) in [5.74, 6) is 1.05. The smallest absolute Gasteiger partial charge is 0.243 e. The summed E-state index contributed by atoms with van der Waals surface area (Å²) in [7, 11) is -2.96. The highest BCUT2D eigenvalue weighted by atomic mass is 32.2. The Labute approximate surface area is 124 Å². The Hall–Kier alpha value is -0.950. The van der Waals surface area contributed by atoms with Crippen LogP contribution in [0.15, 0.2) is 24.5 Å². The molecule has 1 amide bonds. The summed E-state index contributed by atoms with van der Waals surface area (Å²) >= 11 is 1.70. The van der Waals surface area contributed by atoms with Gasteiger partial charge in [0.05, 0.1) is 11.5 Å². The number of aromatic nitrogens is 1. The van der Waals surface area contributed by atoms with Crippen LogP contribution in [0.5, 0.6) is 0 Å². The average Bonchev–Trinajstić information content (AvgIpc) is 3.00. The molecule has 0 saturated carbocycles. The van der Waals surface area contributed by atoms with E-state index in [1.54, 1.807) is 11.8 Å². The van der Waals surface area contributed by atoms with Gasteiger partial charge in [-0.05, 0) is 37.0 Å². The molecule has 2 atom stereocenters. The van der Waals surface area contributed by atoms with Gasteiger partial charge in [-0.2, -0.15) is 11.8 Å². The number of rotatable bonds is 6. The Morgan fingerprint density at radius 3 is 2.70 bits per heavy atom. The summed E-state index contributed by atoms with van der Waals surface area (Å²) in [5, 5.41) is 2.88. The highest BCUT2D eigenvalue weighted by Gasteiger charge is 2.30. The minimum atomic E-state index is -2.96. The van der Waals surface area contributed by atoms with Gasteiger partial charge in [-0.15, -0.1) is 0 Å². The van der Waals surface area contributed by atoms with Crippen molar-refractivity contribution >= 4 is 27.5 Å². The number of carbonyl (C=O) groups is 1. The van der Waals surface area contributed by atoms with E-state index < -0.39 is 9.84 Å². The van der Waals surface area contributed by atoms with E-state index >= 15 is 0 Å². The molecule has 1 saturated heterocycles. The lowest BCUT2D eigenvalue weighted by atomic mass is 10.2. The van der Waals surface area contributed by atoms with Crippen molar-refractivity contribution in [3.63, 3.8) is 0 Å². The molecule has 1 aliphatic heterocycles. The molecule has 5 nitrogen and oxygen atoms in total. The molecule has 1 aromatic rings. The van der Waals surface area contributed by atoms with Crippen LogP contribution in [0.25, 0.3) is 0 Å². The highest BCUT2D eigenvalue weighted by Crippen LogP contribution is 2.17. The minimum Gasteiger partial charge on any atom is -0.351 e. The van der Waals surface area contributed by atoms with Crippen LogP contribution in [-0.2, 0) is 14.6 Å². The molecule has 20 heavy (non-hydrogen) atoms. The number of thioether (sulfide) groups is 1. The predicted octanol–water partition coefficient (Wildman–Crippen LogP) is 1.09. The van der Waals surface area contributed by atoms with Crippen molar-refractivity contribution in [3.05, 3.63) is 24.5 Å². The second-order valence-electron chi connectivity index (χ2n) is 5.04. The van der Waals surface area contributed by atoms with Crippen LogP contribution < -0.4 is 5.32 Å². The fourth-order valence-electron chi connectivity index (χ4n) is 2.41. The monoisotopic (exact) mass is 316 g/mol. The van der Waals surface area contributed by atoms with Crippen molar-refractivity contribution in [2.24, 2.45) is 0 Å². The standard InChI is InChI=1S/C13H20N2O3S2/c1-19-8-4-12(15-6-2-3-7-15)13(16)14-11-5-9-20(17,18)10-11/h2-3,6-7,11-12H,4-5,8-10H2,1H3,(H,14,16)/t11-,12-/m1/s1. The van der Waals surface area contributed by atoms with Crippen molar-refractivity contribution < 1.29 is 13.2 Å². The van der Waals surface area contributed by atoms with Gasteiger partial charge in [0.2, 0.25) is 5.91 Å². The summed E-state index contributed by atoms with van der Waals surface area (Å²) in [6.07, 6.45) is 7.01. The number of nitrogens with one attached hydrogen (secondary N) is 1. The van der Waals surface area contributed by atoms with Gasteiger partial charge in [0.15, 0.2) is 9.84 Å². The maximum absolute atomic E-state index is 12.4. The van der Waals surface area contributed by atoms with Gasteiger partial charge in [-0.1, -0.05) is 0 Å². The van der Waals surface area contributed by atoms with Crippen LogP contribution in [0.2, 0.25) is 0 Å². The average molecular weight is 316 g/mol. The van der Waals surface area contributed by atoms with E-state index in [9.17, 15) is 13.2 Å². The molecule has 0 unspecified atom stereocenters. The van der Waals surface area contributed by atoms with Gasteiger partial charge in [0, 0.05) is 18.4 Å². The third-order valence-electron chi connectivity index (χ3n) is 3.46. The zero-order valence-electron chi connectivity index (χ0n) is 11.5.